The zero-order valence-corrected chi connectivity index (χ0v) is 9.34. The molecule has 0 atom stereocenters. The third kappa shape index (κ3) is 3.04. The van der Waals surface area contributed by atoms with E-state index in [0.29, 0.717) is 11.0 Å². The minimum absolute atomic E-state index is 0.344. The van der Waals surface area contributed by atoms with Gasteiger partial charge in [0, 0.05) is 5.39 Å². The Morgan fingerprint density at radius 3 is 2.59 bits per heavy atom. The van der Waals surface area contributed by atoms with Gasteiger partial charge in [0.15, 0.2) is 0 Å². The predicted octanol–water partition coefficient (Wildman–Crippen LogP) is 2.68. The van der Waals surface area contributed by atoms with Crippen molar-refractivity contribution < 1.29 is 14.3 Å². The summed E-state index contributed by atoms with van der Waals surface area (Å²) in [5.74, 6) is -1.27. The SMILES string of the molecule is C=CC.O=C(O)c1cc2ccccc2oc1=O. The van der Waals surface area contributed by atoms with E-state index in [1.165, 1.54) is 6.07 Å². The molecule has 4 heteroatoms. The van der Waals surface area contributed by atoms with E-state index in [4.69, 9.17) is 9.52 Å². The van der Waals surface area contributed by atoms with Crippen LogP contribution in [0.4, 0.5) is 0 Å². The second-order valence-electron chi connectivity index (χ2n) is 3.20. The van der Waals surface area contributed by atoms with Crippen LogP contribution in [0.1, 0.15) is 17.3 Å². The molecule has 2 rings (SSSR count). The molecule has 0 saturated heterocycles. The Bertz CT molecular complexity index is 596. The Hall–Kier alpha value is -2.36. The van der Waals surface area contributed by atoms with E-state index < -0.39 is 11.6 Å². The Labute approximate surface area is 97.8 Å². The topological polar surface area (TPSA) is 67.5 Å². The normalized spacial score (nSPS) is 9.24. The zero-order valence-electron chi connectivity index (χ0n) is 9.34. The molecule has 0 radical (unpaired) electrons. The van der Waals surface area contributed by atoms with Crippen LogP contribution in [0.25, 0.3) is 11.0 Å². The summed E-state index contributed by atoms with van der Waals surface area (Å²) in [7, 11) is 0. The van der Waals surface area contributed by atoms with Gasteiger partial charge in [0.1, 0.15) is 11.1 Å². The highest BCUT2D eigenvalue weighted by atomic mass is 16.4. The first-order valence-corrected chi connectivity index (χ1v) is 4.93. The summed E-state index contributed by atoms with van der Waals surface area (Å²) in [6, 6.07) is 8.07. The van der Waals surface area contributed by atoms with Crippen LogP contribution in [0.2, 0.25) is 0 Å². The van der Waals surface area contributed by atoms with Gasteiger partial charge in [-0.15, -0.1) is 6.58 Å². The number of hydrogen-bond donors (Lipinski definition) is 1. The van der Waals surface area contributed by atoms with Gasteiger partial charge in [0.2, 0.25) is 0 Å². The lowest BCUT2D eigenvalue weighted by atomic mass is 10.2. The molecular formula is C13H12O4. The molecule has 0 bridgehead atoms. The van der Waals surface area contributed by atoms with Crippen molar-refractivity contribution in [2.75, 3.05) is 0 Å². The molecule has 0 aliphatic rings. The first-order valence-electron chi connectivity index (χ1n) is 4.93. The van der Waals surface area contributed by atoms with Crippen LogP contribution in [-0.4, -0.2) is 11.1 Å². The highest BCUT2D eigenvalue weighted by Crippen LogP contribution is 2.12. The predicted molar refractivity (Wildman–Crippen MR) is 65.3 cm³/mol. The summed E-state index contributed by atoms with van der Waals surface area (Å²) in [5, 5.41) is 9.27. The Balaban J connectivity index is 0.000000437. The molecule has 1 heterocycles. The number of carboxylic acid groups (broad SMARTS) is 1. The van der Waals surface area contributed by atoms with Gasteiger partial charge in [-0.2, -0.15) is 0 Å². The smallest absolute Gasteiger partial charge is 0.351 e. The van der Waals surface area contributed by atoms with Gasteiger partial charge in [-0.3, -0.25) is 0 Å². The summed E-state index contributed by atoms with van der Waals surface area (Å²) in [6.07, 6.45) is 1.75. The van der Waals surface area contributed by atoms with E-state index in [1.807, 2.05) is 6.92 Å². The third-order valence-corrected chi connectivity index (χ3v) is 1.87. The summed E-state index contributed by atoms with van der Waals surface area (Å²) < 4.78 is 4.82. The molecule has 0 spiro atoms. The van der Waals surface area contributed by atoms with E-state index in [9.17, 15) is 9.59 Å². The quantitative estimate of drug-likeness (QED) is 0.606. The van der Waals surface area contributed by atoms with Gasteiger partial charge < -0.3 is 9.52 Å². The van der Waals surface area contributed by atoms with Gasteiger partial charge in [-0.05, 0) is 19.1 Å². The number of para-hydroxylation sites is 1. The van der Waals surface area contributed by atoms with Crippen molar-refractivity contribution >= 4 is 16.9 Å². The zero-order chi connectivity index (χ0) is 12.8. The maximum Gasteiger partial charge on any atom is 0.351 e. The Kier molecular flexibility index (Phi) is 4.22. The second kappa shape index (κ2) is 5.65. The molecule has 88 valence electrons. The molecule has 4 nitrogen and oxygen atoms in total. The maximum atomic E-state index is 11.1. The minimum atomic E-state index is -1.27. The maximum absolute atomic E-state index is 11.1. The van der Waals surface area contributed by atoms with Gasteiger partial charge in [-0.25, -0.2) is 9.59 Å². The highest BCUT2D eigenvalue weighted by Gasteiger charge is 2.10. The number of fused-ring (bicyclic) bond motifs is 1. The van der Waals surface area contributed by atoms with E-state index in [0.717, 1.165) is 0 Å². The summed E-state index contributed by atoms with van der Waals surface area (Å²) >= 11 is 0. The van der Waals surface area contributed by atoms with Crippen LogP contribution in [0.5, 0.6) is 0 Å². The van der Waals surface area contributed by atoms with Crippen molar-refractivity contribution in [1.29, 1.82) is 0 Å². The van der Waals surface area contributed by atoms with Crippen molar-refractivity contribution in [3.63, 3.8) is 0 Å². The van der Waals surface area contributed by atoms with Gasteiger partial charge in [0.05, 0.1) is 0 Å². The lowest BCUT2D eigenvalue weighted by Crippen LogP contribution is -2.12. The molecule has 17 heavy (non-hydrogen) atoms. The fourth-order valence-electron chi connectivity index (χ4n) is 1.21. The number of rotatable bonds is 1. The minimum Gasteiger partial charge on any atom is -0.477 e. The average Bonchev–Trinajstić information content (AvgIpc) is 2.28. The number of hydrogen-bond acceptors (Lipinski definition) is 3. The molecule has 2 aromatic rings. The van der Waals surface area contributed by atoms with Crippen LogP contribution in [0, 0.1) is 0 Å². The third-order valence-electron chi connectivity index (χ3n) is 1.87. The van der Waals surface area contributed by atoms with Gasteiger partial charge in [-0.1, -0.05) is 24.3 Å². The number of allylic oxidation sites excluding steroid dienone is 1. The van der Waals surface area contributed by atoms with Gasteiger partial charge >= 0.3 is 11.6 Å². The number of carboxylic acids is 1. The van der Waals surface area contributed by atoms with Crippen molar-refractivity contribution in [3.8, 4) is 0 Å². The number of carbonyl (C=O) groups is 1. The standard InChI is InChI=1S/C10H6O4.C3H6/c11-9(12)7-5-6-3-1-2-4-8(6)14-10(7)13;1-3-2/h1-5H,(H,11,12);3H,1H2,2H3. The van der Waals surface area contributed by atoms with Crippen molar-refractivity contribution in [2.45, 2.75) is 6.92 Å². The Morgan fingerprint density at radius 1 is 1.41 bits per heavy atom. The molecule has 1 aromatic carbocycles. The first-order chi connectivity index (χ1) is 8.10. The highest BCUT2D eigenvalue weighted by molar-refractivity contribution is 5.91. The van der Waals surface area contributed by atoms with Crippen LogP contribution in [-0.2, 0) is 0 Å². The van der Waals surface area contributed by atoms with E-state index in [2.05, 4.69) is 6.58 Å². The van der Waals surface area contributed by atoms with Crippen molar-refractivity contribution in [2.24, 2.45) is 0 Å². The van der Waals surface area contributed by atoms with Crippen LogP contribution < -0.4 is 5.63 Å². The molecule has 1 N–H and O–H groups in total. The molecule has 0 saturated carbocycles. The molecule has 0 aliphatic carbocycles. The molecule has 0 unspecified atom stereocenters. The fourth-order valence-corrected chi connectivity index (χ4v) is 1.21. The molecule has 1 aromatic heterocycles. The van der Waals surface area contributed by atoms with Crippen molar-refractivity contribution in [3.05, 3.63) is 59.0 Å². The van der Waals surface area contributed by atoms with Crippen LogP contribution >= 0.6 is 0 Å². The monoisotopic (exact) mass is 232 g/mol. The first kappa shape index (κ1) is 12.7. The second-order valence-corrected chi connectivity index (χ2v) is 3.20. The average molecular weight is 232 g/mol. The summed E-state index contributed by atoms with van der Waals surface area (Å²) in [4.78, 5) is 21.7. The van der Waals surface area contributed by atoms with Gasteiger partial charge in [0.25, 0.3) is 0 Å². The van der Waals surface area contributed by atoms with E-state index in [1.54, 1.807) is 30.3 Å². The number of benzene rings is 1. The largest absolute Gasteiger partial charge is 0.477 e. The summed E-state index contributed by atoms with van der Waals surface area (Å²) in [5.41, 5.74) is -0.776. The lowest BCUT2D eigenvalue weighted by molar-refractivity contribution is 0.0692. The van der Waals surface area contributed by atoms with Crippen molar-refractivity contribution in [1.82, 2.24) is 0 Å². The molecular weight excluding hydrogens is 220 g/mol. The molecule has 0 fully saturated rings. The van der Waals surface area contributed by atoms with Crippen LogP contribution in [0.3, 0.4) is 0 Å². The molecule has 0 aliphatic heterocycles. The van der Waals surface area contributed by atoms with E-state index >= 15 is 0 Å². The number of aromatic carboxylic acids is 1. The van der Waals surface area contributed by atoms with E-state index in [-0.39, 0.29) is 5.56 Å². The fraction of sp³-hybridized carbons (Fsp3) is 0.0769. The lowest BCUT2D eigenvalue weighted by Gasteiger charge is -1.96. The van der Waals surface area contributed by atoms with Crippen LogP contribution in [0.15, 0.2) is 52.2 Å². The summed E-state index contributed by atoms with van der Waals surface area (Å²) in [6.45, 7) is 5.25. The molecule has 0 amide bonds. The Morgan fingerprint density at radius 2 is 2.00 bits per heavy atom.